The molecule has 1 unspecified atom stereocenters. The van der Waals surface area contributed by atoms with Crippen LogP contribution in [0.3, 0.4) is 0 Å². The van der Waals surface area contributed by atoms with Gasteiger partial charge in [-0.25, -0.2) is 8.78 Å². The average molecular weight is 391 g/mol. The maximum Gasteiger partial charge on any atom is 0.160 e. The molecule has 0 aromatic heterocycles. The van der Waals surface area contributed by atoms with E-state index in [0.29, 0.717) is 5.56 Å². The van der Waals surface area contributed by atoms with E-state index >= 15 is 0 Å². The highest BCUT2D eigenvalue weighted by atomic mass is 19.2. The predicted octanol–water partition coefficient (Wildman–Crippen LogP) is 6.85. The van der Waals surface area contributed by atoms with E-state index < -0.39 is 11.6 Å². The molecule has 0 bridgehead atoms. The van der Waals surface area contributed by atoms with Gasteiger partial charge in [0, 0.05) is 11.1 Å². The van der Waals surface area contributed by atoms with Crippen molar-refractivity contribution in [3.8, 4) is 11.8 Å². The summed E-state index contributed by atoms with van der Waals surface area (Å²) in [6.07, 6.45) is 13.6. The van der Waals surface area contributed by atoms with Crippen LogP contribution in [0.15, 0.2) is 48.6 Å². The van der Waals surface area contributed by atoms with Crippen LogP contribution in [0, 0.1) is 41.2 Å². The highest BCUT2D eigenvalue weighted by Gasteiger charge is 2.29. The standard InChI is InChI=1S/C27H28F2/c1-2-3-19-6-10-22(11-7-19)24-14-13-23-16-20(8-12-25(23)18-24)4-5-21-9-15-26(28)27(29)17-21/h2-3,8-9,12,15-17,19,22,24H,6-7,10-11,13-14,18H2,1H3/b3-2+. The number of aryl methyl sites for hydroxylation is 1. The number of benzene rings is 2. The lowest BCUT2D eigenvalue weighted by atomic mass is 9.69. The third-order valence-electron chi connectivity index (χ3n) is 6.69. The smallest absolute Gasteiger partial charge is 0.160 e. The highest BCUT2D eigenvalue weighted by Crippen LogP contribution is 2.40. The fourth-order valence-corrected chi connectivity index (χ4v) is 5.06. The van der Waals surface area contributed by atoms with Crippen LogP contribution in [0.5, 0.6) is 0 Å². The van der Waals surface area contributed by atoms with Gasteiger partial charge in [-0.3, -0.25) is 0 Å². The SMILES string of the molecule is C/C=C/C1CCC(C2CCc3cc(C#Cc4ccc(F)c(F)c4)ccc3C2)CC1. The Morgan fingerprint density at radius 3 is 2.24 bits per heavy atom. The summed E-state index contributed by atoms with van der Waals surface area (Å²) in [5.74, 6) is 6.84. The quantitative estimate of drug-likeness (QED) is 0.388. The van der Waals surface area contributed by atoms with Gasteiger partial charge in [-0.1, -0.05) is 30.1 Å². The third kappa shape index (κ3) is 4.78. The van der Waals surface area contributed by atoms with E-state index in [0.717, 1.165) is 41.9 Å². The number of hydrogen-bond donors (Lipinski definition) is 0. The third-order valence-corrected chi connectivity index (χ3v) is 6.69. The van der Waals surface area contributed by atoms with Crippen LogP contribution in [0.4, 0.5) is 8.78 Å². The molecule has 1 saturated carbocycles. The van der Waals surface area contributed by atoms with E-state index in [9.17, 15) is 8.78 Å². The van der Waals surface area contributed by atoms with Gasteiger partial charge < -0.3 is 0 Å². The Hall–Kier alpha value is -2.40. The molecule has 2 heteroatoms. The molecule has 0 heterocycles. The molecule has 4 rings (SSSR count). The number of hydrogen-bond acceptors (Lipinski definition) is 0. The van der Waals surface area contributed by atoms with Gasteiger partial charge in [-0.2, -0.15) is 0 Å². The van der Waals surface area contributed by atoms with Gasteiger partial charge in [0.2, 0.25) is 0 Å². The molecule has 2 aliphatic rings. The second-order valence-corrected chi connectivity index (χ2v) is 8.57. The summed E-state index contributed by atoms with van der Waals surface area (Å²) in [5, 5.41) is 0. The maximum atomic E-state index is 13.3. The van der Waals surface area contributed by atoms with E-state index in [1.807, 2.05) is 0 Å². The van der Waals surface area contributed by atoms with E-state index in [1.165, 1.54) is 55.7 Å². The minimum absolute atomic E-state index is 0.496. The summed E-state index contributed by atoms with van der Waals surface area (Å²) in [6.45, 7) is 2.13. The van der Waals surface area contributed by atoms with Gasteiger partial charge in [0.25, 0.3) is 0 Å². The van der Waals surface area contributed by atoms with Crippen LogP contribution >= 0.6 is 0 Å². The molecule has 0 N–H and O–H groups in total. The summed E-state index contributed by atoms with van der Waals surface area (Å²) in [6, 6.07) is 10.3. The molecule has 1 fully saturated rings. The van der Waals surface area contributed by atoms with Crippen LogP contribution in [0.1, 0.15) is 61.3 Å². The van der Waals surface area contributed by atoms with E-state index in [4.69, 9.17) is 0 Å². The predicted molar refractivity (Wildman–Crippen MR) is 115 cm³/mol. The summed E-state index contributed by atoms with van der Waals surface area (Å²) in [7, 11) is 0. The van der Waals surface area contributed by atoms with Crippen LogP contribution in [-0.4, -0.2) is 0 Å². The summed E-state index contributed by atoms with van der Waals surface area (Å²) < 4.78 is 26.4. The first-order chi connectivity index (χ1) is 14.1. The molecular weight excluding hydrogens is 362 g/mol. The van der Waals surface area contributed by atoms with Crippen molar-refractivity contribution in [1.29, 1.82) is 0 Å². The van der Waals surface area contributed by atoms with Gasteiger partial charge in [-0.15, -0.1) is 0 Å². The van der Waals surface area contributed by atoms with Crippen molar-refractivity contribution in [2.45, 2.75) is 51.9 Å². The Balaban J connectivity index is 1.41. The topological polar surface area (TPSA) is 0 Å². The number of allylic oxidation sites excluding steroid dienone is 2. The van der Waals surface area contributed by atoms with E-state index in [-0.39, 0.29) is 0 Å². The lowest BCUT2D eigenvalue weighted by Crippen LogP contribution is -2.26. The van der Waals surface area contributed by atoms with Crippen LogP contribution in [0.25, 0.3) is 0 Å². The Labute approximate surface area is 173 Å². The van der Waals surface area contributed by atoms with Crippen molar-refractivity contribution in [2.75, 3.05) is 0 Å². The molecule has 2 aliphatic carbocycles. The van der Waals surface area contributed by atoms with Crippen molar-refractivity contribution in [1.82, 2.24) is 0 Å². The molecule has 0 saturated heterocycles. The zero-order valence-electron chi connectivity index (χ0n) is 17.1. The van der Waals surface area contributed by atoms with Gasteiger partial charge in [0.1, 0.15) is 0 Å². The Bertz CT molecular complexity index is 952. The molecule has 0 amide bonds. The van der Waals surface area contributed by atoms with Crippen molar-refractivity contribution in [3.05, 3.63) is 82.4 Å². The second kappa shape index (κ2) is 8.95. The average Bonchev–Trinajstić information content (AvgIpc) is 2.75. The Morgan fingerprint density at radius 2 is 1.52 bits per heavy atom. The summed E-state index contributed by atoms with van der Waals surface area (Å²) >= 11 is 0. The number of rotatable bonds is 2. The zero-order chi connectivity index (χ0) is 20.2. The van der Waals surface area contributed by atoms with E-state index in [1.54, 1.807) is 0 Å². The minimum Gasteiger partial charge on any atom is -0.204 e. The monoisotopic (exact) mass is 390 g/mol. The van der Waals surface area contributed by atoms with Crippen LogP contribution < -0.4 is 0 Å². The fraction of sp³-hybridized carbons (Fsp3) is 0.407. The Morgan fingerprint density at radius 1 is 0.793 bits per heavy atom. The van der Waals surface area contributed by atoms with Crippen LogP contribution in [0.2, 0.25) is 0 Å². The minimum atomic E-state index is -0.854. The molecule has 0 radical (unpaired) electrons. The molecule has 0 spiro atoms. The molecule has 2 aromatic rings. The van der Waals surface area contributed by atoms with Crippen molar-refractivity contribution < 1.29 is 8.78 Å². The molecule has 0 nitrogen and oxygen atoms in total. The number of fused-ring (bicyclic) bond motifs is 1. The lowest BCUT2D eigenvalue weighted by molar-refractivity contribution is 0.206. The van der Waals surface area contributed by atoms with Gasteiger partial charge in [0.15, 0.2) is 11.6 Å². The normalized spacial score (nSPS) is 24.0. The molecule has 1 atom stereocenters. The van der Waals surface area contributed by atoms with Gasteiger partial charge >= 0.3 is 0 Å². The van der Waals surface area contributed by atoms with Crippen molar-refractivity contribution >= 4 is 0 Å². The van der Waals surface area contributed by atoms with Crippen molar-refractivity contribution in [3.63, 3.8) is 0 Å². The fourth-order valence-electron chi connectivity index (χ4n) is 5.06. The Kier molecular flexibility index (Phi) is 6.14. The number of halogens is 2. The van der Waals surface area contributed by atoms with Gasteiger partial charge in [-0.05, 0) is 111 Å². The highest BCUT2D eigenvalue weighted by molar-refractivity contribution is 5.46. The van der Waals surface area contributed by atoms with Crippen molar-refractivity contribution in [2.24, 2.45) is 17.8 Å². The molecule has 150 valence electrons. The molecular formula is C27H28F2. The van der Waals surface area contributed by atoms with Crippen LogP contribution in [-0.2, 0) is 12.8 Å². The largest absolute Gasteiger partial charge is 0.204 e. The molecule has 29 heavy (non-hydrogen) atoms. The first-order valence-electron chi connectivity index (χ1n) is 10.8. The van der Waals surface area contributed by atoms with Gasteiger partial charge in [0.05, 0.1) is 0 Å². The lowest BCUT2D eigenvalue weighted by Gasteiger charge is -2.36. The summed E-state index contributed by atoms with van der Waals surface area (Å²) in [4.78, 5) is 0. The maximum absolute atomic E-state index is 13.3. The zero-order valence-corrected chi connectivity index (χ0v) is 17.1. The summed E-state index contributed by atoms with van der Waals surface area (Å²) in [5.41, 5.74) is 4.31. The molecule has 2 aromatic carbocycles. The molecule has 0 aliphatic heterocycles. The first kappa shape index (κ1) is 19.9. The van der Waals surface area contributed by atoms with E-state index in [2.05, 4.69) is 49.1 Å². The second-order valence-electron chi connectivity index (χ2n) is 8.57. The first-order valence-corrected chi connectivity index (χ1v) is 10.8.